The van der Waals surface area contributed by atoms with Crippen LogP contribution >= 0.6 is 0 Å². The molecule has 2 heterocycles. The van der Waals surface area contributed by atoms with Crippen molar-refractivity contribution in [1.82, 2.24) is 4.98 Å². The Hall–Kier alpha value is -4.13. The number of carbonyl (C=O) groups excluding carboxylic acids is 1. The van der Waals surface area contributed by atoms with E-state index in [4.69, 9.17) is 18.6 Å². The number of methoxy groups -OCH3 is 1. The summed E-state index contributed by atoms with van der Waals surface area (Å²) in [5.74, 6) is 0.583. The number of carbonyl (C=O) groups is 1. The minimum absolute atomic E-state index is 0.0158. The first kappa shape index (κ1) is 18.2. The van der Waals surface area contributed by atoms with Crippen LogP contribution in [0.5, 0.6) is 23.0 Å². The zero-order chi connectivity index (χ0) is 20.2. The molecule has 7 heteroatoms. The molecule has 0 N–H and O–H groups in total. The maximum absolute atomic E-state index is 12.7. The van der Waals surface area contributed by atoms with Crippen LogP contribution in [0.4, 0.5) is 0 Å². The number of rotatable bonds is 5. The van der Waals surface area contributed by atoms with Gasteiger partial charge in [-0.3, -0.25) is 9.78 Å². The molecule has 7 nitrogen and oxygen atoms in total. The van der Waals surface area contributed by atoms with Crippen LogP contribution in [0.3, 0.4) is 0 Å². The Kier molecular flexibility index (Phi) is 4.94. The fraction of sp³-hybridized carbons (Fsp3) is 0.0455. The van der Waals surface area contributed by atoms with Crippen LogP contribution < -0.4 is 19.6 Å². The molecule has 29 heavy (non-hydrogen) atoms. The molecule has 0 aliphatic rings. The van der Waals surface area contributed by atoms with E-state index in [1.54, 1.807) is 42.6 Å². The highest BCUT2D eigenvalue weighted by atomic mass is 16.5. The largest absolute Gasteiger partial charge is 0.493 e. The van der Waals surface area contributed by atoms with E-state index in [-0.39, 0.29) is 22.5 Å². The van der Waals surface area contributed by atoms with Gasteiger partial charge in [0.05, 0.1) is 18.1 Å². The summed E-state index contributed by atoms with van der Waals surface area (Å²) < 4.78 is 21.7. The van der Waals surface area contributed by atoms with E-state index in [9.17, 15) is 9.59 Å². The Morgan fingerprint density at radius 1 is 1.00 bits per heavy atom. The highest BCUT2D eigenvalue weighted by Gasteiger charge is 2.14. The topological polar surface area (TPSA) is 87.9 Å². The number of pyridine rings is 1. The number of hydrogen-bond acceptors (Lipinski definition) is 7. The molecule has 2 aromatic carbocycles. The van der Waals surface area contributed by atoms with Crippen molar-refractivity contribution in [3.63, 3.8) is 0 Å². The van der Waals surface area contributed by atoms with Crippen molar-refractivity contribution in [1.29, 1.82) is 0 Å². The van der Waals surface area contributed by atoms with Crippen molar-refractivity contribution in [2.45, 2.75) is 0 Å². The molecule has 0 amide bonds. The molecule has 4 rings (SSSR count). The molecule has 0 fully saturated rings. The van der Waals surface area contributed by atoms with Crippen LogP contribution in [0.25, 0.3) is 11.0 Å². The first-order valence-electron chi connectivity index (χ1n) is 8.64. The fourth-order valence-corrected chi connectivity index (χ4v) is 2.70. The summed E-state index contributed by atoms with van der Waals surface area (Å²) in [4.78, 5) is 28.8. The zero-order valence-corrected chi connectivity index (χ0v) is 15.3. The van der Waals surface area contributed by atoms with Gasteiger partial charge in [0.25, 0.3) is 0 Å². The van der Waals surface area contributed by atoms with Crippen LogP contribution in [0, 0.1) is 0 Å². The number of aromatic nitrogens is 1. The molecule has 0 saturated heterocycles. The van der Waals surface area contributed by atoms with E-state index >= 15 is 0 Å². The molecule has 0 saturated carbocycles. The minimum Gasteiger partial charge on any atom is -0.493 e. The van der Waals surface area contributed by atoms with Gasteiger partial charge in [0, 0.05) is 18.5 Å². The monoisotopic (exact) mass is 389 g/mol. The molecule has 4 aromatic rings. The number of benzene rings is 2. The molecule has 0 bridgehead atoms. The van der Waals surface area contributed by atoms with Crippen molar-refractivity contribution < 1.29 is 23.4 Å². The van der Waals surface area contributed by atoms with Gasteiger partial charge in [0.2, 0.25) is 11.2 Å². The van der Waals surface area contributed by atoms with E-state index in [1.165, 1.54) is 37.8 Å². The first-order chi connectivity index (χ1) is 14.2. The maximum atomic E-state index is 12.7. The highest BCUT2D eigenvalue weighted by Crippen LogP contribution is 2.30. The first-order valence-corrected chi connectivity index (χ1v) is 8.64. The van der Waals surface area contributed by atoms with Crippen molar-refractivity contribution in [2.24, 2.45) is 0 Å². The smallest absolute Gasteiger partial charge is 0.345 e. The van der Waals surface area contributed by atoms with Crippen LogP contribution in [-0.4, -0.2) is 18.1 Å². The SMILES string of the molecule is COc1ccccc1Oc1coc2cc(OC(=O)c3cccnc3)ccc2c1=O. The molecule has 0 aliphatic carbocycles. The van der Waals surface area contributed by atoms with Gasteiger partial charge in [0.15, 0.2) is 11.5 Å². The molecule has 144 valence electrons. The molecule has 0 atom stereocenters. The molecule has 2 aromatic heterocycles. The minimum atomic E-state index is -0.559. The lowest BCUT2D eigenvalue weighted by Gasteiger charge is -2.10. The average Bonchev–Trinajstić information content (AvgIpc) is 2.76. The lowest BCUT2D eigenvalue weighted by molar-refractivity contribution is 0.0734. The fourth-order valence-electron chi connectivity index (χ4n) is 2.70. The average molecular weight is 389 g/mol. The molecule has 0 spiro atoms. The summed E-state index contributed by atoms with van der Waals surface area (Å²) in [6.07, 6.45) is 4.18. The van der Waals surface area contributed by atoms with Crippen molar-refractivity contribution >= 4 is 16.9 Å². The molecule has 0 unspecified atom stereocenters. The van der Waals surface area contributed by atoms with Crippen LogP contribution in [-0.2, 0) is 0 Å². The van der Waals surface area contributed by atoms with Gasteiger partial charge < -0.3 is 18.6 Å². The molecular formula is C22H15NO6. The number of esters is 1. The second kappa shape index (κ2) is 7.85. The summed E-state index contributed by atoms with van der Waals surface area (Å²) in [5.41, 5.74) is 0.218. The summed E-state index contributed by atoms with van der Waals surface area (Å²) >= 11 is 0. The van der Waals surface area contributed by atoms with Crippen molar-refractivity contribution in [3.8, 4) is 23.0 Å². The van der Waals surface area contributed by atoms with E-state index in [1.807, 2.05) is 0 Å². The third-order valence-electron chi connectivity index (χ3n) is 4.11. The standard InChI is InChI=1S/C22H15NO6/c1-26-17-6-2-3-7-18(17)29-20-13-27-19-11-15(8-9-16(19)21(20)24)28-22(25)14-5-4-10-23-12-14/h2-13H,1H3. The number of para-hydroxylation sites is 2. The van der Waals surface area contributed by atoms with Gasteiger partial charge in [-0.1, -0.05) is 12.1 Å². The van der Waals surface area contributed by atoms with E-state index in [0.717, 1.165) is 0 Å². The van der Waals surface area contributed by atoms with E-state index in [2.05, 4.69) is 4.98 Å². The summed E-state index contributed by atoms with van der Waals surface area (Å²) in [6, 6.07) is 14.7. The normalized spacial score (nSPS) is 10.5. The Balaban J connectivity index is 1.62. The summed E-state index contributed by atoms with van der Waals surface area (Å²) in [6.45, 7) is 0. The number of fused-ring (bicyclic) bond motifs is 1. The lowest BCUT2D eigenvalue weighted by atomic mass is 10.2. The Bertz CT molecular complexity index is 1230. The van der Waals surface area contributed by atoms with Gasteiger partial charge in [-0.25, -0.2) is 4.79 Å². The van der Waals surface area contributed by atoms with Gasteiger partial charge in [-0.05, 0) is 36.4 Å². The Morgan fingerprint density at radius 2 is 1.83 bits per heavy atom. The summed E-state index contributed by atoms with van der Waals surface area (Å²) in [7, 11) is 1.51. The second-order valence-corrected chi connectivity index (χ2v) is 5.97. The quantitative estimate of drug-likeness (QED) is 0.373. The van der Waals surface area contributed by atoms with Crippen molar-refractivity contribution in [2.75, 3.05) is 7.11 Å². The number of hydrogen-bond donors (Lipinski definition) is 0. The third kappa shape index (κ3) is 3.79. The van der Waals surface area contributed by atoms with E-state index in [0.29, 0.717) is 22.4 Å². The van der Waals surface area contributed by atoms with Gasteiger partial charge >= 0.3 is 5.97 Å². The predicted molar refractivity (Wildman–Crippen MR) is 105 cm³/mol. The van der Waals surface area contributed by atoms with E-state index < -0.39 is 5.97 Å². The molecular weight excluding hydrogens is 374 g/mol. The Morgan fingerprint density at radius 3 is 2.59 bits per heavy atom. The maximum Gasteiger partial charge on any atom is 0.345 e. The molecule has 0 aliphatic heterocycles. The lowest BCUT2D eigenvalue weighted by Crippen LogP contribution is -2.09. The zero-order valence-electron chi connectivity index (χ0n) is 15.3. The van der Waals surface area contributed by atoms with Crippen LogP contribution in [0.2, 0.25) is 0 Å². The van der Waals surface area contributed by atoms with Crippen LogP contribution in [0.1, 0.15) is 10.4 Å². The van der Waals surface area contributed by atoms with Crippen molar-refractivity contribution in [3.05, 3.63) is 89.0 Å². The number of ether oxygens (including phenoxy) is 3. The predicted octanol–water partition coefficient (Wildman–Crippen LogP) is 4.21. The highest BCUT2D eigenvalue weighted by molar-refractivity contribution is 5.91. The Labute approximate surface area is 165 Å². The van der Waals surface area contributed by atoms with Gasteiger partial charge in [-0.15, -0.1) is 0 Å². The van der Waals surface area contributed by atoms with Gasteiger partial charge in [-0.2, -0.15) is 0 Å². The molecule has 0 radical (unpaired) electrons. The second-order valence-electron chi connectivity index (χ2n) is 5.97. The van der Waals surface area contributed by atoms with Gasteiger partial charge in [0.1, 0.15) is 17.6 Å². The third-order valence-corrected chi connectivity index (χ3v) is 4.11. The number of nitrogens with zero attached hydrogens (tertiary/aromatic N) is 1. The van der Waals surface area contributed by atoms with Crippen LogP contribution in [0.15, 0.2) is 82.5 Å². The summed E-state index contributed by atoms with van der Waals surface area (Å²) in [5, 5.41) is 0.290.